The van der Waals surface area contributed by atoms with Crippen LogP contribution in [0.15, 0.2) is 48.5 Å². The predicted molar refractivity (Wildman–Crippen MR) is 103 cm³/mol. The molecule has 3 aromatic rings. The molecule has 0 saturated carbocycles. The minimum Gasteiger partial charge on any atom is -0.303 e. The molecular formula is C19H19ClN4S. The monoisotopic (exact) mass is 370 g/mol. The summed E-state index contributed by atoms with van der Waals surface area (Å²) in [6, 6.07) is 16.4. The lowest BCUT2D eigenvalue weighted by atomic mass is 10.0. The number of hydrogen-bond acceptors (Lipinski definition) is 3. The summed E-state index contributed by atoms with van der Waals surface area (Å²) >= 11 is 11.9. The fraction of sp³-hybridized carbons (Fsp3) is 0.263. The van der Waals surface area contributed by atoms with Gasteiger partial charge < -0.3 is 4.57 Å². The average molecular weight is 371 g/mol. The quantitative estimate of drug-likeness (QED) is 0.643. The van der Waals surface area contributed by atoms with Crippen LogP contribution < -0.4 is 0 Å². The Morgan fingerprint density at radius 3 is 2.60 bits per heavy atom. The van der Waals surface area contributed by atoms with Gasteiger partial charge in [0.05, 0.1) is 11.7 Å². The summed E-state index contributed by atoms with van der Waals surface area (Å²) in [5, 5.41) is 5.42. The molecule has 25 heavy (non-hydrogen) atoms. The van der Waals surface area contributed by atoms with E-state index in [2.05, 4.69) is 29.2 Å². The van der Waals surface area contributed by atoms with Crippen LogP contribution in [-0.4, -0.2) is 25.8 Å². The molecule has 0 aliphatic carbocycles. The number of benzene rings is 2. The lowest BCUT2D eigenvalue weighted by molar-refractivity contribution is 0.188. The average Bonchev–Trinajstić information content (AvgIpc) is 2.90. The lowest BCUT2D eigenvalue weighted by Gasteiger charge is -2.28. The maximum Gasteiger partial charge on any atom is 0.199 e. The van der Waals surface area contributed by atoms with Gasteiger partial charge in [-0.3, -0.25) is 4.90 Å². The van der Waals surface area contributed by atoms with Crippen LogP contribution in [0.1, 0.15) is 11.1 Å². The molecule has 0 radical (unpaired) electrons. The minimum atomic E-state index is 0.685. The Morgan fingerprint density at radius 2 is 1.80 bits per heavy atom. The maximum atomic E-state index is 6.33. The van der Waals surface area contributed by atoms with Gasteiger partial charge in [-0.25, -0.2) is 4.68 Å². The van der Waals surface area contributed by atoms with E-state index in [1.165, 1.54) is 11.1 Å². The van der Waals surface area contributed by atoms with Gasteiger partial charge in [-0.1, -0.05) is 48.0 Å². The normalized spacial score (nSPS) is 14.5. The van der Waals surface area contributed by atoms with Crippen LogP contribution in [0, 0.1) is 4.77 Å². The smallest absolute Gasteiger partial charge is 0.199 e. The van der Waals surface area contributed by atoms with E-state index in [1.807, 2.05) is 40.6 Å². The molecule has 128 valence electrons. The molecule has 0 amide bonds. The topological polar surface area (TPSA) is 26.0 Å². The molecule has 0 bridgehead atoms. The molecule has 0 saturated heterocycles. The summed E-state index contributed by atoms with van der Waals surface area (Å²) < 4.78 is 4.52. The summed E-state index contributed by atoms with van der Waals surface area (Å²) in [6.45, 7) is 2.62. The number of fused-ring (bicyclic) bond motifs is 1. The van der Waals surface area contributed by atoms with Crippen molar-refractivity contribution in [2.75, 3.05) is 6.54 Å². The third kappa shape index (κ3) is 3.15. The third-order valence-corrected chi connectivity index (χ3v) is 5.51. The second-order valence-electron chi connectivity index (χ2n) is 6.36. The van der Waals surface area contributed by atoms with Crippen LogP contribution in [0.4, 0.5) is 0 Å². The Kier molecular flexibility index (Phi) is 4.46. The Labute approximate surface area is 157 Å². The van der Waals surface area contributed by atoms with Gasteiger partial charge in [-0.15, -0.1) is 0 Å². The van der Waals surface area contributed by atoms with Crippen LogP contribution in [0.2, 0.25) is 5.02 Å². The minimum absolute atomic E-state index is 0.685. The number of halogens is 1. The van der Waals surface area contributed by atoms with Crippen molar-refractivity contribution in [2.24, 2.45) is 7.05 Å². The highest BCUT2D eigenvalue weighted by molar-refractivity contribution is 7.71. The van der Waals surface area contributed by atoms with Crippen LogP contribution >= 0.6 is 23.8 Å². The molecule has 4 nitrogen and oxygen atoms in total. The van der Waals surface area contributed by atoms with Crippen molar-refractivity contribution in [2.45, 2.75) is 19.6 Å². The fourth-order valence-corrected chi connectivity index (χ4v) is 3.73. The van der Waals surface area contributed by atoms with Crippen LogP contribution in [-0.2, 0) is 26.7 Å². The Balaban J connectivity index is 1.62. The Morgan fingerprint density at radius 1 is 1.08 bits per heavy atom. The molecule has 0 fully saturated rings. The van der Waals surface area contributed by atoms with E-state index >= 15 is 0 Å². The van der Waals surface area contributed by atoms with E-state index in [0.717, 1.165) is 30.9 Å². The first-order valence-electron chi connectivity index (χ1n) is 8.31. The second-order valence-corrected chi connectivity index (χ2v) is 7.13. The van der Waals surface area contributed by atoms with Crippen molar-refractivity contribution in [3.63, 3.8) is 0 Å². The molecule has 2 heterocycles. The summed E-state index contributed by atoms with van der Waals surface area (Å²) in [7, 11) is 1.94. The van der Waals surface area contributed by atoms with E-state index < -0.39 is 0 Å². The van der Waals surface area contributed by atoms with Gasteiger partial charge in [0.15, 0.2) is 10.6 Å². The highest BCUT2D eigenvalue weighted by Crippen LogP contribution is 2.26. The maximum absolute atomic E-state index is 6.33. The second kappa shape index (κ2) is 6.75. The van der Waals surface area contributed by atoms with Gasteiger partial charge in [0, 0.05) is 25.7 Å². The van der Waals surface area contributed by atoms with Gasteiger partial charge in [-0.05, 0) is 41.9 Å². The van der Waals surface area contributed by atoms with E-state index in [9.17, 15) is 0 Å². The highest BCUT2D eigenvalue weighted by atomic mass is 35.5. The summed E-state index contributed by atoms with van der Waals surface area (Å²) in [6.07, 6.45) is 1.06. The van der Waals surface area contributed by atoms with Gasteiger partial charge in [-0.2, -0.15) is 5.10 Å². The first kappa shape index (κ1) is 16.5. The molecule has 6 heteroatoms. The van der Waals surface area contributed by atoms with E-state index in [4.69, 9.17) is 28.9 Å². The summed E-state index contributed by atoms with van der Waals surface area (Å²) in [5.41, 5.74) is 3.74. The molecule has 0 unspecified atom stereocenters. The zero-order chi connectivity index (χ0) is 17.4. The van der Waals surface area contributed by atoms with Gasteiger partial charge in [0.25, 0.3) is 0 Å². The summed E-state index contributed by atoms with van der Waals surface area (Å²) in [5.74, 6) is 0.799. The zero-order valence-corrected chi connectivity index (χ0v) is 15.6. The number of nitrogens with zero attached hydrogens (tertiary/aromatic N) is 4. The Bertz CT molecular complexity index is 976. The molecule has 1 aromatic heterocycles. The zero-order valence-electron chi connectivity index (χ0n) is 14.0. The van der Waals surface area contributed by atoms with Crippen molar-refractivity contribution in [3.8, 4) is 11.4 Å². The number of aromatic nitrogens is 3. The van der Waals surface area contributed by atoms with Crippen molar-refractivity contribution >= 4 is 23.8 Å². The molecule has 1 aliphatic heterocycles. The van der Waals surface area contributed by atoms with Crippen molar-refractivity contribution < 1.29 is 0 Å². The van der Waals surface area contributed by atoms with Crippen LogP contribution in [0.25, 0.3) is 11.4 Å². The summed E-state index contributed by atoms with van der Waals surface area (Å²) in [4.78, 5) is 2.38. The van der Waals surface area contributed by atoms with Crippen LogP contribution in [0.3, 0.4) is 0 Å². The highest BCUT2D eigenvalue weighted by Gasteiger charge is 2.18. The van der Waals surface area contributed by atoms with Crippen molar-refractivity contribution in [3.05, 3.63) is 69.5 Å². The molecular weight excluding hydrogens is 352 g/mol. The SMILES string of the molecule is Cn1c(-c2ccccc2Cl)nn(CN2CCc3ccccc3C2)c1=S. The predicted octanol–water partition coefficient (Wildman–Crippen LogP) is 4.29. The van der Waals surface area contributed by atoms with E-state index in [1.54, 1.807) is 0 Å². The first-order chi connectivity index (χ1) is 12.1. The number of rotatable bonds is 3. The molecule has 0 N–H and O–H groups in total. The molecule has 0 atom stereocenters. The van der Waals surface area contributed by atoms with E-state index in [-0.39, 0.29) is 0 Å². The Hall–Kier alpha value is -1.95. The van der Waals surface area contributed by atoms with Crippen molar-refractivity contribution in [1.29, 1.82) is 0 Å². The third-order valence-electron chi connectivity index (χ3n) is 4.70. The van der Waals surface area contributed by atoms with Crippen molar-refractivity contribution in [1.82, 2.24) is 19.2 Å². The fourth-order valence-electron chi connectivity index (χ4n) is 3.32. The lowest BCUT2D eigenvalue weighted by Crippen LogP contribution is -2.32. The molecule has 2 aromatic carbocycles. The molecule has 4 rings (SSSR count). The van der Waals surface area contributed by atoms with Gasteiger partial charge in [0.2, 0.25) is 0 Å². The van der Waals surface area contributed by atoms with Gasteiger partial charge >= 0.3 is 0 Å². The standard InChI is InChI=1S/C19H19ClN4S/c1-22-18(16-8-4-5-9-17(16)20)21-24(19(22)25)13-23-11-10-14-6-2-3-7-15(14)12-23/h2-9H,10-13H2,1H3. The van der Waals surface area contributed by atoms with Crippen LogP contribution in [0.5, 0.6) is 0 Å². The largest absolute Gasteiger partial charge is 0.303 e. The van der Waals surface area contributed by atoms with Gasteiger partial charge in [0.1, 0.15) is 0 Å². The molecule has 1 aliphatic rings. The number of hydrogen-bond donors (Lipinski definition) is 0. The van der Waals surface area contributed by atoms with E-state index in [0.29, 0.717) is 16.5 Å². The first-order valence-corrected chi connectivity index (χ1v) is 9.10. The molecule has 0 spiro atoms.